The summed E-state index contributed by atoms with van der Waals surface area (Å²) in [4.78, 5) is 17.1. The summed E-state index contributed by atoms with van der Waals surface area (Å²) in [5.41, 5.74) is 2.06. The maximum atomic E-state index is 12.4. The van der Waals surface area contributed by atoms with Gasteiger partial charge in [-0.3, -0.25) is 4.79 Å². The van der Waals surface area contributed by atoms with Gasteiger partial charge in [-0.2, -0.15) is 0 Å². The average molecular weight is 469 g/mol. The van der Waals surface area contributed by atoms with Gasteiger partial charge in [0.1, 0.15) is 5.75 Å². The van der Waals surface area contributed by atoms with Crippen LogP contribution >= 0.6 is 31.9 Å². The van der Waals surface area contributed by atoms with Crippen molar-refractivity contribution >= 4 is 49.1 Å². The van der Waals surface area contributed by atoms with Crippen molar-refractivity contribution in [2.45, 2.75) is 0 Å². The molecule has 0 atom stereocenters. The lowest BCUT2D eigenvalue weighted by molar-refractivity contribution is 0.102. The molecule has 25 heavy (non-hydrogen) atoms. The fraction of sp³-hybridized carbons (Fsp3) is 0.278. The van der Waals surface area contributed by atoms with Crippen molar-refractivity contribution in [1.82, 2.24) is 4.90 Å². The molecule has 0 aliphatic carbocycles. The minimum atomic E-state index is -0.355. The van der Waals surface area contributed by atoms with Crippen molar-refractivity contribution in [1.29, 1.82) is 0 Å². The number of phenols is 1. The highest BCUT2D eigenvalue weighted by Crippen LogP contribution is 2.32. The molecule has 2 aromatic carbocycles. The van der Waals surface area contributed by atoms with Gasteiger partial charge >= 0.3 is 0 Å². The number of nitrogens with zero attached hydrogens (tertiary/aromatic N) is 2. The van der Waals surface area contributed by atoms with Crippen molar-refractivity contribution in [2.24, 2.45) is 0 Å². The molecule has 1 aliphatic heterocycles. The molecule has 0 saturated carbocycles. The van der Waals surface area contributed by atoms with Crippen LogP contribution in [0.2, 0.25) is 0 Å². The molecule has 0 bridgehead atoms. The number of rotatable bonds is 3. The van der Waals surface area contributed by atoms with Crippen molar-refractivity contribution in [3.05, 3.63) is 50.9 Å². The Morgan fingerprint density at radius 1 is 1.08 bits per heavy atom. The lowest BCUT2D eigenvalue weighted by Crippen LogP contribution is -2.44. The van der Waals surface area contributed by atoms with E-state index < -0.39 is 0 Å². The molecule has 2 N–H and O–H groups in total. The Balaban J connectivity index is 1.70. The number of carbonyl (C=O) groups excluding carboxylic acids is 1. The molecule has 5 nitrogen and oxygen atoms in total. The SMILES string of the molecule is CN1CCN(c2ccc(NC(=O)c3cc(Br)cc(Br)c3O)cc2)CC1. The predicted octanol–water partition coefficient (Wildman–Crippen LogP) is 3.92. The number of nitrogens with one attached hydrogen (secondary N) is 1. The Kier molecular flexibility index (Phi) is 5.66. The van der Waals surface area contributed by atoms with E-state index in [4.69, 9.17) is 0 Å². The molecule has 0 spiro atoms. The molecule has 0 radical (unpaired) electrons. The summed E-state index contributed by atoms with van der Waals surface area (Å²) in [7, 11) is 2.13. The number of piperazine rings is 1. The third-order valence-electron chi connectivity index (χ3n) is 4.27. The first-order valence-electron chi connectivity index (χ1n) is 7.97. The van der Waals surface area contributed by atoms with Crippen molar-refractivity contribution < 1.29 is 9.90 Å². The van der Waals surface area contributed by atoms with E-state index in [2.05, 4.69) is 54.0 Å². The normalized spacial score (nSPS) is 15.2. The van der Waals surface area contributed by atoms with Gasteiger partial charge < -0.3 is 20.2 Å². The summed E-state index contributed by atoms with van der Waals surface area (Å²) in [5.74, 6) is -0.429. The smallest absolute Gasteiger partial charge is 0.259 e. The van der Waals surface area contributed by atoms with Gasteiger partial charge in [-0.1, -0.05) is 15.9 Å². The van der Waals surface area contributed by atoms with Crippen LogP contribution in [0.3, 0.4) is 0 Å². The van der Waals surface area contributed by atoms with Gasteiger partial charge in [-0.15, -0.1) is 0 Å². The van der Waals surface area contributed by atoms with Gasteiger partial charge in [0.25, 0.3) is 5.91 Å². The van der Waals surface area contributed by atoms with Crippen LogP contribution < -0.4 is 10.2 Å². The van der Waals surface area contributed by atoms with Gasteiger partial charge in [-0.05, 0) is 59.4 Å². The van der Waals surface area contributed by atoms with E-state index in [1.807, 2.05) is 24.3 Å². The van der Waals surface area contributed by atoms with E-state index in [0.29, 0.717) is 14.6 Å². The number of hydrogen-bond acceptors (Lipinski definition) is 4. The van der Waals surface area contributed by atoms with Gasteiger partial charge in [0.05, 0.1) is 10.0 Å². The summed E-state index contributed by atoms with van der Waals surface area (Å²) in [6.45, 7) is 4.11. The average Bonchev–Trinajstić information content (AvgIpc) is 2.59. The topological polar surface area (TPSA) is 55.8 Å². The molecule has 2 aromatic rings. The molecule has 3 rings (SSSR count). The number of halogens is 2. The first-order chi connectivity index (χ1) is 11.9. The monoisotopic (exact) mass is 467 g/mol. The van der Waals surface area contributed by atoms with Crippen LogP contribution in [0.1, 0.15) is 10.4 Å². The predicted molar refractivity (Wildman–Crippen MR) is 108 cm³/mol. The largest absolute Gasteiger partial charge is 0.506 e. The zero-order valence-corrected chi connectivity index (χ0v) is 17.0. The summed E-state index contributed by atoms with van der Waals surface area (Å²) in [5, 5.41) is 12.9. The highest BCUT2D eigenvalue weighted by molar-refractivity contribution is 9.11. The van der Waals surface area contributed by atoms with E-state index in [0.717, 1.165) is 31.9 Å². The zero-order chi connectivity index (χ0) is 18.0. The van der Waals surface area contributed by atoms with Crippen LogP contribution in [0, 0.1) is 0 Å². The second kappa shape index (κ2) is 7.76. The molecule has 0 aromatic heterocycles. The maximum absolute atomic E-state index is 12.4. The second-order valence-electron chi connectivity index (χ2n) is 6.08. The second-order valence-corrected chi connectivity index (χ2v) is 7.85. The Morgan fingerprint density at radius 2 is 1.72 bits per heavy atom. The molecule has 1 heterocycles. The lowest BCUT2D eigenvalue weighted by Gasteiger charge is -2.34. The van der Waals surface area contributed by atoms with Crippen LogP contribution in [0.25, 0.3) is 0 Å². The van der Waals surface area contributed by atoms with Crippen LogP contribution in [0.4, 0.5) is 11.4 Å². The van der Waals surface area contributed by atoms with Gasteiger partial charge in [0.2, 0.25) is 0 Å². The number of phenolic OH excluding ortho intramolecular Hbond substituents is 1. The van der Waals surface area contributed by atoms with Gasteiger partial charge in [-0.25, -0.2) is 0 Å². The fourth-order valence-corrected chi connectivity index (χ4v) is 3.98. The summed E-state index contributed by atoms with van der Waals surface area (Å²) in [6.07, 6.45) is 0. The van der Waals surface area contributed by atoms with Crippen molar-refractivity contribution in [3.8, 4) is 5.75 Å². The van der Waals surface area contributed by atoms with E-state index >= 15 is 0 Å². The van der Waals surface area contributed by atoms with E-state index in [1.165, 1.54) is 0 Å². The number of benzene rings is 2. The minimum Gasteiger partial charge on any atom is -0.506 e. The Bertz CT molecular complexity index is 773. The first-order valence-corrected chi connectivity index (χ1v) is 9.55. The van der Waals surface area contributed by atoms with Crippen molar-refractivity contribution in [3.63, 3.8) is 0 Å². The number of aromatic hydroxyl groups is 1. The zero-order valence-electron chi connectivity index (χ0n) is 13.8. The third kappa shape index (κ3) is 4.34. The third-order valence-corrected chi connectivity index (χ3v) is 5.33. The molecule has 132 valence electrons. The molecule has 0 unspecified atom stereocenters. The number of anilines is 2. The molecule has 1 fully saturated rings. The van der Waals surface area contributed by atoms with Crippen LogP contribution in [-0.2, 0) is 0 Å². The lowest BCUT2D eigenvalue weighted by atomic mass is 10.1. The number of carbonyl (C=O) groups is 1. The Hall–Kier alpha value is -1.57. The number of amides is 1. The molecule has 1 aliphatic rings. The summed E-state index contributed by atoms with van der Waals surface area (Å²) >= 11 is 6.57. The molecule has 7 heteroatoms. The first kappa shape index (κ1) is 18.2. The quantitative estimate of drug-likeness (QED) is 0.716. The Labute approximate surface area is 163 Å². The summed E-state index contributed by atoms with van der Waals surface area (Å²) < 4.78 is 1.19. The number of hydrogen-bond donors (Lipinski definition) is 2. The van der Waals surface area contributed by atoms with E-state index in [-0.39, 0.29) is 17.2 Å². The molecular weight excluding hydrogens is 450 g/mol. The highest BCUT2D eigenvalue weighted by Gasteiger charge is 2.16. The fourth-order valence-electron chi connectivity index (χ4n) is 2.76. The van der Waals surface area contributed by atoms with Gasteiger partial charge in [0, 0.05) is 42.0 Å². The molecule has 1 saturated heterocycles. The molecular formula is C18H19Br2N3O2. The number of likely N-dealkylation sites (N-methyl/N-ethyl adjacent to an activating group) is 1. The molecule has 1 amide bonds. The van der Waals surface area contributed by atoms with E-state index in [1.54, 1.807) is 12.1 Å². The van der Waals surface area contributed by atoms with Crippen LogP contribution in [0.15, 0.2) is 45.3 Å². The summed E-state index contributed by atoms with van der Waals surface area (Å²) in [6, 6.07) is 11.1. The standard InChI is InChI=1S/C18H19Br2N3O2/c1-22-6-8-23(9-7-22)14-4-2-13(3-5-14)21-18(25)15-10-12(19)11-16(20)17(15)24/h2-5,10-11,24H,6-9H2,1H3,(H,21,25). The Morgan fingerprint density at radius 3 is 2.36 bits per heavy atom. The van der Waals surface area contributed by atoms with E-state index in [9.17, 15) is 9.90 Å². The maximum Gasteiger partial charge on any atom is 0.259 e. The minimum absolute atomic E-state index is 0.0743. The highest BCUT2D eigenvalue weighted by atomic mass is 79.9. The van der Waals surface area contributed by atoms with Crippen LogP contribution in [0.5, 0.6) is 5.75 Å². The van der Waals surface area contributed by atoms with Crippen molar-refractivity contribution in [2.75, 3.05) is 43.4 Å². The van der Waals surface area contributed by atoms with Gasteiger partial charge in [0.15, 0.2) is 0 Å². The van der Waals surface area contributed by atoms with Crippen LogP contribution in [-0.4, -0.2) is 49.1 Å².